The van der Waals surface area contributed by atoms with Crippen LogP contribution in [0.3, 0.4) is 0 Å². The molecule has 0 aromatic heterocycles. The molecule has 248 valence electrons. The Morgan fingerprint density at radius 1 is 0.523 bits per heavy atom. The van der Waals surface area contributed by atoms with Crippen molar-refractivity contribution in [1.82, 2.24) is 0 Å². The van der Waals surface area contributed by atoms with Crippen LogP contribution in [0.25, 0.3) is 0 Å². The molecule has 1 saturated heterocycles. The summed E-state index contributed by atoms with van der Waals surface area (Å²) in [5, 5.41) is 0. The highest BCUT2D eigenvalue weighted by molar-refractivity contribution is 5.69. The summed E-state index contributed by atoms with van der Waals surface area (Å²) in [6.45, 7) is 7.42. The fraction of sp³-hybridized carbons (Fsp3) is 0.750. The monoisotopic (exact) mass is 632 g/mol. The zero-order valence-corrected chi connectivity index (χ0v) is 25.9. The summed E-state index contributed by atoms with van der Waals surface area (Å²) in [5.41, 5.74) is 0. The van der Waals surface area contributed by atoms with Gasteiger partial charge in [0, 0.05) is 67.9 Å². The lowest BCUT2D eigenvalue weighted by molar-refractivity contribution is -0.261. The molecule has 0 aromatic carbocycles. The highest BCUT2D eigenvalue weighted by Gasteiger charge is 2.56. The third-order valence-electron chi connectivity index (χ3n) is 6.87. The number of esters is 7. The van der Waals surface area contributed by atoms with Gasteiger partial charge in [0.05, 0.1) is 6.10 Å². The van der Waals surface area contributed by atoms with Crippen LogP contribution < -0.4 is 0 Å². The van der Waals surface area contributed by atoms with Crippen LogP contribution in [0.4, 0.5) is 0 Å². The third kappa shape index (κ3) is 10.4. The average molecular weight is 633 g/mol. The van der Waals surface area contributed by atoms with E-state index >= 15 is 0 Å². The second kappa shape index (κ2) is 16.3. The minimum Gasteiger partial charge on any atom is -0.463 e. The van der Waals surface area contributed by atoms with Gasteiger partial charge < -0.3 is 42.6 Å². The quantitative estimate of drug-likeness (QED) is 0.222. The average Bonchev–Trinajstić information content (AvgIpc) is 2.87. The van der Waals surface area contributed by atoms with Crippen molar-refractivity contribution < 1.29 is 76.2 Å². The topological polar surface area (TPSA) is 203 Å². The predicted molar refractivity (Wildman–Crippen MR) is 142 cm³/mol. The first-order valence-electron chi connectivity index (χ1n) is 13.9. The van der Waals surface area contributed by atoms with Gasteiger partial charge in [-0.3, -0.25) is 33.6 Å². The van der Waals surface area contributed by atoms with Gasteiger partial charge in [0.15, 0.2) is 24.4 Å². The molecule has 2 fully saturated rings. The van der Waals surface area contributed by atoms with Crippen LogP contribution in [-0.4, -0.2) is 110 Å². The molecule has 1 saturated carbocycles. The molecular weight excluding hydrogens is 592 g/mol. The van der Waals surface area contributed by atoms with Crippen LogP contribution in [0.5, 0.6) is 0 Å². The summed E-state index contributed by atoms with van der Waals surface area (Å²) in [5.74, 6) is -6.22. The van der Waals surface area contributed by atoms with E-state index < -0.39 is 109 Å². The van der Waals surface area contributed by atoms with E-state index in [4.69, 9.17) is 42.6 Å². The van der Waals surface area contributed by atoms with E-state index in [1.165, 1.54) is 14.0 Å². The van der Waals surface area contributed by atoms with Crippen LogP contribution in [0.2, 0.25) is 0 Å². The lowest BCUT2D eigenvalue weighted by atomic mass is 9.75. The van der Waals surface area contributed by atoms with Crippen molar-refractivity contribution >= 4 is 41.8 Å². The van der Waals surface area contributed by atoms with Crippen molar-refractivity contribution in [3.05, 3.63) is 0 Å². The number of carbonyl (C=O) groups excluding carboxylic acids is 7. The van der Waals surface area contributed by atoms with Crippen LogP contribution in [0, 0.1) is 5.92 Å². The molecule has 0 aromatic rings. The molecule has 16 heteroatoms. The molecule has 1 heterocycles. The molecule has 0 radical (unpaired) electrons. The van der Waals surface area contributed by atoms with Gasteiger partial charge in [-0.15, -0.1) is 0 Å². The Labute approximate surface area is 254 Å². The first-order chi connectivity index (χ1) is 20.5. The minimum atomic E-state index is -1.45. The van der Waals surface area contributed by atoms with E-state index in [2.05, 4.69) is 0 Å². The molecular formula is C28H40O16. The fourth-order valence-electron chi connectivity index (χ4n) is 5.53. The van der Waals surface area contributed by atoms with Crippen molar-refractivity contribution in [3.8, 4) is 0 Å². The molecule has 0 amide bonds. The van der Waals surface area contributed by atoms with E-state index in [1.807, 2.05) is 0 Å². The maximum Gasteiger partial charge on any atom is 0.303 e. The van der Waals surface area contributed by atoms with Gasteiger partial charge in [0.25, 0.3) is 0 Å². The molecule has 0 bridgehead atoms. The van der Waals surface area contributed by atoms with Gasteiger partial charge in [-0.05, 0) is 6.42 Å². The van der Waals surface area contributed by atoms with Crippen molar-refractivity contribution in [2.75, 3.05) is 13.7 Å². The molecule has 0 N–H and O–H groups in total. The largest absolute Gasteiger partial charge is 0.463 e. The van der Waals surface area contributed by atoms with Crippen molar-refractivity contribution in [3.63, 3.8) is 0 Å². The Morgan fingerprint density at radius 3 is 1.41 bits per heavy atom. The van der Waals surface area contributed by atoms with Crippen LogP contribution in [0.1, 0.15) is 61.3 Å². The molecule has 16 nitrogen and oxygen atoms in total. The summed E-state index contributed by atoms with van der Waals surface area (Å²) in [6.07, 6.45) is -11.2. The second-order valence-electron chi connectivity index (χ2n) is 10.4. The minimum absolute atomic E-state index is 0.00172. The van der Waals surface area contributed by atoms with Crippen LogP contribution in [-0.2, 0) is 76.2 Å². The summed E-state index contributed by atoms with van der Waals surface area (Å²) in [7, 11) is 1.34. The van der Waals surface area contributed by atoms with Gasteiger partial charge in [0.2, 0.25) is 0 Å². The predicted octanol–water partition coefficient (Wildman–Crippen LogP) is 0.332. The number of methoxy groups -OCH3 is 1. The van der Waals surface area contributed by atoms with Crippen LogP contribution >= 0.6 is 0 Å². The van der Waals surface area contributed by atoms with Gasteiger partial charge in [-0.1, -0.05) is 0 Å². The Hall–Kier alpha value is -3.79. The molecule has 0 spiro atoms. The highest BCUT2D eigenvalue weighted by atomic mass is 16.7. The molecule has 0 unspecified atom stereocenters. The Morgan fingerprint density at radius 2 is 0.955 bits per heavy atom. The lowest BCUT2D eigenvalue weighted by Crippen LogP contribution is -2.64. The van der Waals surface area contributed by atoms with Gasteiger partial charge in [-0.2, -0.15) is 0 Å². The number of hydrogen-bond acceptors (Lipinski definition) is 16. The first-order valence-corrected chi connectivity index (χ1v) is 13.9. The zero-order chi connectivity index (χ0) is 33.3. The van der Waals surface area contributed by atoms with E-state index in [-0.39, 0.29) is 12.8 Å². The van der Waals surface area contributed by atoms with E-state index in [0.29, 0.717) is 0 Å². The standard InChI is InChI=1S/C28H40O16/c1-12(29)37-11-23-27(42-17(6)34)28(43-18(7)35)26(41-16(5)33)22(44-23)9-19-20(38-13(2)30)10-21(36-8)25(40-15(4)32)24(19)39-14(3)31/h19-28H,9-11H2,1-8H3/t19-,20+,21+,22-,23-,24+,25+,26+,27+,28-/m1/s1. The first kappa shape index (κ1) is 36.4. The molecule has 1 aliphatic carbocycles. The van der Waals surface area contributed by atoms with Crippen molar-refractivity contribution in [1.29, 1.82) is 0 Å². The Bertz CT molecular complexity index is 1090. The maximum absolute atomic E-state index is 12.3. The maximum atomic E-state index is 12.3. The normalized spacial score (nSPS) is 31.5. The van der Waals surface area contributed by atoms with Crippen LogP contribution in [0.15, 0.2) is 0 Å². The molecule has 1 aliphatic heterocycles. The summed E-state index contributed by atoms with van der Waals surface area (Å²) >= 11 is 0. The number of rotatable bonds is 11. The van der Waals surface area contributed by atoms with E-state index in [0.717, 1.165) is 41.5 Å². The van der Waals surface area contributed by atoms with E-state index in [1.54, 1.807) is 0 Å². The van der Waals surface area contributed by atoms with Crippen molar-refractivity contribution in [2.24, 2.45) is 5.92 Å². The third-order valence-corrected chi connectivity index (χ3v) is 6.87. The Balaban J connectivity index is 2.69. The van der Waals surface area contributed by atoms with Gasteiger partial charge in [-0.25, -0.2) is 0 Å². The molecule has 2 aliphatic rings. The zero-order valence-electron chi connectivity index (χ0n) is 25.9. The summed E-state index contributed by atoms with van der Waals surface area (Å²) in [4.78, 5) is 84.7. The van der Waals surface area contributed by atoms with E-state index in [9.17, 15) is 33.6 Å². The van der Waals surface area contributed by atoms with Crippen molar-refractivity contribution in [2.45, 2.75) is 116 Å². The number of hydrogen-bond donors (Lipinski definition) is 0. The number of carbonyl (C=O) groups is 7. The molecule has 10 atom stereocenters. The molecule has 44 heavy (non-hydrogen) atoms. The summed E-state index contributed by atoms with van der Waals surface area (Å²) < 4.78 is 50.0. The molecule has 2 rings (SSSR count). The lowest BCUT2D eigenvalue weighted by Gasteiger charge is -2.48. The highest BCUT2D eigenvalue weighted by Crippen LogP contribution is 2.40. The van der Waals surface area contributed by atoms with Gasteiger partial charge >= 0.3 is 41.8 Å². The van der Waals surface area contributed by atoms with Gasteiger partial charge in [0.1, 0.15) is 31.0 Å². The smallest absolute Gasteiger partial charge is 0.303 e. The SMILES string of the molecule is CO[C@H]1C[C@H](OC(C)=O)[C@@H](C[C@H]2O[C@H](COC(C)=O)[C@H](OC(C)=O)[C@H](OC(C)=O)[C@H]2OC(C)=O)[C@H](OC(C)=O)[C@H]1OC(C)=O. The fourth-order valence-corrected chi connectivity index (χ4v) is 5.53. The second-order valence-corrected chi connectivity index (χ2v) is 10.4. The summed E-state index contributed by atoms with van der Waals surface area (Å²) in [6, 6.07) is 0. The Kier molecular flexibility index (Phi) is 13.5. The number of ether oxygens (including phenoxy) is 9.